The number of terminal acetylenes is 1. The summed E-state index contributed by atoms with van der Waals surface area (Å²) < 4.78 is 24.3. The fourth-order valence-electron chi connectivity index (χ4n) is 2.06. The molecule has 7 heteroatoms. The van der Waals surface area contributed by atoms with Gasteiger partial charge in [0.2, 0.25) is 10.0 Å². The number of imidazole rings is 1. The summed E-state index contributed by atoms with van der Waals surface area (Å²) in [6.07, 6.45) is 8.96. The summed E-state index contributed by atoms with van der Waals surface area (Å²) >= 11 is 0. The van der Waals surface area contributed by atoms with Gasteiger partial charge in [0.15, 0.2) is 5.65 Å². The van der Waals surface area contributed by atoms with E-state index in [-0.39, 0.29) is 4.90 Å². The number of hydrogen-bond acceptors (Lipinski definition) is 4. The molecule has 3 N–H and O–H groups in total. The monoisotopic (exact) mass is 312 g/mol. The molecule has 0 aliphatic heterocycles. The number of hydrogen-bond donors (Lipinski definition) is 2. The standard InChI is InChI=1S/C15H12N4O2S/c1-2-11-10-19-9-3-4-14(15(19)18-11)17-12-5-7-13(8-6-12)22(16,20)21/h1,3-10,17H,(H2,16,20,21). The van der Waals surface area contributed by atoms with Crippen molar-refractivity contribution in [1.29, 1.82) is 0 Å². The van der Waals surface area contributed by atoms with Gasteiger partial charge in [-0.05, 0) is 42.3 Å². The highest BCUT2D eigenvalue weighted by Gasteiger charge is 2.08. The molecule has 0 bridgehead atoms. The zero-order valence-corrected chi connectivity index (χ0v) is 12.2. The van der Waals surface area contributed by atoms with E-state index in [1.54, 1.807) is 18.3 Å². The van der Waals surface area contributed by atoms with Gasteiger partial charge in [-0.3, -0.25) is 0 Å². The van der Waals surface area contributed by atoms with Crippen LogP contribution >= 0.6 is 0 Å². The van der Waals surface area contributed by atoms with Crippen LogP contribution in [0.2, 0.25) is 0 Å². The van der Waals surface area contributed by atoms with Crippen molar-refractivity contribution in [2.45, 2.75) is 4.90 Å². The van der Waals surface area contributed by atoms with E-state index in [2.05, 4.69) is 16.2 Å². The van der Waals surface area contributed by atoms with Crippen molar-refractivity contribution in [3.63, 3.8) is 0 Å². The van der Waals surface area contributed by atoms with Gasteiger partial charge in [-0.2, -0.15) is 0 Å². The van der Waals surface area contributed by atoms with Crippen molar-refractivity contribution in [3.05, 3.63) is 54.5 Å². The summed E-state index contributed by atoms with van der Waals surface area (Å²) in [7, 11) is -3.69. The molecule has 0 aliphatic carbocycles. The fourth-order valence-corrected chi connectivity index (χ4v) is 2.58. The Morgan fingerprint density at radius 1 is 1.23 bits per heavy atom. The van der Waals surface area contributed by atoms with E-state index < -0.39 is 10.0 Å². The van der Waals surface area contributed by atoms with Crippen molar-refractivity contribution in [1.82, 2.24) is 9.38 Å². The Hall–Kier alpha value is -2.82. The van der Waals surface area contributed by atoms with E-state index in [0.717, 1.165) is 5.69 Å². The molecule has 3 rings (SSSR count). The Labute approximate surface area is 127 Å². The smallest absolute Gasteiger partial charge is 0.238 e. The zero-order valence-electron chi connectivity index (χ0n) is 11.4. The second-order valence-electron chi connectivity index (χ2n) is 4.62. The van der Waals surface area contributed by atoms with Crippen LogP contribution in [0.4, 0.5) is 11.4 Å². The Morgan fingerprint density at radius 3 is 2.59 bits per heavy atom. The molecule has 2 heterocycles. The summed E-state index contributed by atoms with van der Waals surface area (Å²) in [5, 5.41) is 8.25. The topological polar surface area (TPSA) is 89.5 Å². The van der Waals surface area contributed by atoms with Crippen LogP contribution in [-0.2, 0) is 10.0 Å². The van der Waals surface area contributed by atoms with Crippen LogP contribution in [0.1, 0.15) is 5.69 Å². The Balaban J connectivity index is 1.96. The second kappa shape index (κ2) is 5.18. The van der Waals surface area contributed by atoms with Gasteiger partial charge in [-0.15, -0.1) is 6.42 Å². The molecule has 22 heavy (non-hydrogen) atoms. The second-order valence-corrected chi connectivity index (χ2v) is 6.18. The number of pyridine rings is 1. The minimum Gasteiger partial charge on any atom is -0.352 e. The van der Waals surface area contributed by atoms with Crippen LogP contribution in [0.15, 0.2) is 53.7 Å². The van der Waals surface area contributed by atoms with Gasteiger partial charge < -0.3 is 9.72 Å². The lowest BCUT2D eigenvalue weighted by Crippen LogP contribution is -2.11. The molecule has 0 saturated heterocycles. The summed E-state index contributed by atoms with van der Waals surface area (Å²) in [6.45, 7) is 0. The first-order chi connectivity index (χ1) is 10.5. The average molecular weight is 312 g/mol. The molecular weight excluding hydrogens is 300 g/mol. The summed E-state index contributed by atoms with van der Waals surface area (Å²) in [4.78, 5) is 4.39. The van der Waals surface area contributed by atoms with Crippen molar-refractivity contribution >= 4 is 27.0 Å². The first-order valence-electron chi connectivity index (χ1n) is 6.31. The maximum absolute atomic E-state index is 11.2. The Bertz CT molecular complexity index is 983. The number of nitrogens with one attached hydrogen (secondary N) is 1. The van der Waals surface area contributed by atoms with E-state index in [0.29, 0.717) is 17.0 Å². The van der Waals surface area contributed by atoms with Gasteiger partial charge in [0.1, 0.15) is 5.69 Å². The van der Waals surface area contributed by atoms with Crippen molar-refractivity contribution < 1.29 is 8.42 Å². The molecule has 0 atom stereocenters. The molecule has 0 saturated carbocycles. The van der Waals surface area contributed by atoms with Gasteiger partial charge in [-0.25, -0.2) is 18.5 Å². The summed E-state index contributed by atoms with van der Waals surface area (Å²) in [5.74, 6) is 2.49. The van der Waals surface area contributed by atoms with Gasteiger partial charge in [0.05, 0.1) is 10.6 Å². The van der Waals surface area contributed by atoms with Crippen LogP contribution < -0.4 is 10.5 Å². The molecule has 0 radical (unpaired) electrons. The number of benzene rings is 1. The maximum Gasteiger partial charge on any atom is 0.238 e. The summed E-state index contributed by atoms with van der Waals surface area (Å²) in [5.41, 5.74) is 2.70. The number of nitrogens with two attached hydrogens (primary N) is 1. The number of anilines is 2. The molecule has 110 valence electrons. The third-order valence-electron chi connectivity index (χ3n) is 3.09. The molecule has 0 fully saturated rings. The fraction of sp³-hybridized carbons (Fsp3) is 0. The molecule has 1 aromatic carbocycles. The highest BCUT2D eigenvalue weighted by molar-refractivity contribution is 7.89. The van der Waals surface area contributed by atoms with Crippen molar-refractivity contribution in [2.24, 2.45) is 5.14 Å². The minimum atomic E-state index is -3.69. The molecule has 3 aromatic rings. The van der Waals surface area contributed by atoms with Crippen LogP contribution in [0.25, 0.3) is 5.65 Å². The lowest BCUT2D eigenvalue weighted by atomic mass is 10.3. The largest absolute Gasteiger partial charge is 0.352 e. The molecule has 0 spiro atoms. The minimum absolute atomic E-state index is 0.0617. The van der Waals surface area contributed by atoms with Gasteiger partial charge in [-0.1, -0.05) is 0 Å². The van der Waals surface area contributed by atoms with Gasteiger partial charge in [0, 0.05) is 18.1 Å². The van der Waals surface area contributed by atoms with Crippen LogP contribution in [0, 0.1) is 12.3 Å². The van der Waals surface area contributed by atoms with Crippen molar-refractivity contribution in [2.75, 3.05) is 5.32 Å². The quantitative estimate of drug-likeness (QED) is 0.720. The normalized spacial score (nSPS) is 11.3. The first-order valence-corrected chi connectivity index (χ1v) is 7.86. The molecular formula is C15H12N4O2S. The van der Waals surface area contributed by atoms with E-state index in [1.165, 1.54) is 12.1 Å². The van der Waals surface area contributed by atoms with Crippen LogP contribution in [0.5, 0.6) is 0 Å². The van der Waals surface area contributed by atoms with Gasteiger partial charge in [0.25, 0.3) is 0 Å². The summed E-state index contributed by atoms with van der Waals surface area (Å²) in [6, 6.07) is 9.86. The van der Waals surface area contributed by atoms with Crippen LogP contribution in [0.3, 0.4) is 0 Å². The van der Waals surface area contributed by atoms with E-state index in [4.69, 9.17) is 11.6 Å². The predicted molar refractivity (Wildman–Crippen MR) is 84.2 cm³/mol. The van der Waals surface area contributed by atoms with E-state index in [9.17, 15) is 8.42 Å². The number of primary sulfonamides is 1. The Morgan fingerprint density at radius 2 is 1.95 bits per heavy atom. The predicted octanol–water partition coefficient (Wildman–Crippen LogP) is 1.71. The van der Waals surface area contributed by atoms with Crippen molar-refractivity contribution in [3.8, 4) is 12.3 Å². The zero-order chi connectivity index (χ0) is 15.7. The third kappa shape index (κ3) is 2.65. The number of rotatable bonds is 3. The van der Waals surface area contributed by atoms with Gasteiger partial charge >= 0.3 is 0 Å². The maximum atomic E-state index is 11.2. The molecule has 0 unspecified atom stereocenters. The Kier molecular flexibility index (Phi) is 3.33. The molecule has 6 nitrogen and oxygen atoms in total. The lowest BCUT2D eigenvalue weighted by molar-refractivity contribution is 0.598. The molecule has 0 amide bonds. The number of fused-ring (bicyclic) bond motifs is 1. The highest BCUT2D eigenvalue weighted by atomic mass is 32.2. The number of nitrogens with zero attached hydrogens (tertiary/aromatic N) is 2. The van der Waals surface area contributed by atoms with E-state index in [1.807, 2.05) is 22.7 Å². The molecule has 0 aliphatic rings. The number of sulfonamides is 1. The molecule has 2 aromatic heterocycles. The SMILES string of the molecule is C#Cc1cn2cccc(Nc3ccc(S(N)(=O)=O)cc3)c2n1. The third-order valence-corrected chi connectivity index (χ3v) is 4.02. The highest BCUT2D eigenvalue weighted by Crippen LogP contribution is 2.22. The lowest BCUT2D eigenvalue weighted by Gasteiger charge is -2.08. The first kappa shape index (κ1) is 14.1. The average Bonchev–Trinajstić information content (AvgIpc) is 2.91. The van der Waals surface area contributed by atoms with E-state index >= 15 is 0 Å². The number of aromatic nitrogens is 2. The van der Waals surface area contributed by atoms with Crippen LogP contribution in [-0.4, -0.2) is 17.8 Å².